The molecule has 2 rings (SSSR count). The van der Waals surface area contributed by atoms with Crippen molar-refractivity contribution < 1.29 is 0 Å². The molecule has 0 aromatic carbocycles. The van der Waals surface area contributed by atoms with Crippen molar-refractivity contribution in [3.05, 3.63) is 26.6 Å². The minimum Gasteiger partial charge on any atom is -0.373 e. The lowest BCUT2D eigenvalue weighted by Crippen LogP contribution is -2.06. The number of aromatic nitrogens is 2. The molecule has 1 N–H and O–H groups in total. The van der Waals surface area contributed by atoms with Crippen LogP contribution < -0.4 is 5.32 Å². The molecule has 0 radical (unpaired) electrons. The van der Waals surface area contributed by atoms with Crippen molar-refractivity contribution >= 4 is 33.1 Å². The predicted octanol–water partition coefficient (Wildman–Crippen LogP) is 4.44. The fourth-order valence-electron chi connectivity index (χ4n) is 1.75. The Morgan fingerprint density at radius 1 is 1.28 bits per heavy atom. The Balaban J connectivity index is 2.66. The molecule has 0 spiro atoms. The Morgan fingerprint density at radius 3 is 2.50 bits per heavy atom. The second kappa shape index (κ2) is 5.36. The molecule has 3 nitrogen and oxygen atoms in total. The van der Waals surface area contributed by atoms with Gasteiger partial charge in [-0.1, -0.05) is 13.8 Å². The van der Waals surface area contributed by atoms with Crippen LogP contribution in [0.1, 0.15) is 31.2 Å². The standard InChI is InChI=1S/C13H16BrN3S/c1-7(2)12-16-11(8(3)13(15-4)17-12)9-5-18-6-10(9)14/h5-7H,1-4H3,(H,15,16,17). The van der Waals surface area contributed by atoms with Gasteiger partial charge in [0.2, 0.25) is 0 Å². The average molecular weight is 326 g/mol. The smallest absolute Gasteiger partial charge is 0.133 e. The van der Waals surface area contributed by atoms with Gasteiger partial charge in [0.1, 0.15) is 11.6 Å². The van der Waals surface area contributed by atoms with Crippen LogP contribution in [0, 0.1) is 6.92 Å². The van der Waals surface area contributed by atoms with E-state index in [-0.39, 0.29) is 0 Å². The van der Waals surface area contributed by atoms with Crippen molar-refractivity contribution in [1.82, 2.24) is 9.97 Å². The van der Waals surface area contributed by atoms with Crippen molar-refractivity contribution in [3.8, 4) is 11.3 Å². The van der Waals surface area contributed by atoms with Gasteiger partial charge in [-0.05, 0) is 22.9 Å². The third kappa shape index (κ3) is 2.42. The van der Waals surface area contributed by atoms with Crippen molar-refractivity contribution in [2.75, 3.05) is 12.4 Å². The maximum absolute atomic E-state index is 4.71. The van der Waals surface area contributed by atoms with Gasteiger partial charge >= 0.3 is 0 Å². The Morgan fingerprint density at radius 2 is 2.00 bits per heavy atom. The zero-order valence-corrected chi connectivity index (χ0v) is 13.3. The van der Waals surface area contributed by atoms with E-state index in [4.69, 9.17) is 4.98 Å². The van der Waals surface area contributed by atoms with E-state index in [0.29, 0.717) is 5.92 Å². The van der Waals surface area contributed by atoms with Crippen LogP contribution in [0.3, 0.4) is 0 Å². The lowest BCUT2D eigenvalue weighted by Gasteiger charge is -2.13. The molecule has 2 aromatic heterocycles. The molecule has 2 aromatic rings. The fourth-order valence-corrected chi connectivity index (χ4v) is 3.21. The van der Waals surface area contributed by atoms with Crippen molar-refractivity contribution in [2.24, 2.45) is 0 Å². The summed E-state index contributed by atoms with van der Waals surface area (Å²) >= 11 is 5.24. The normalized spacial score (nSPS) is 11.0. The van der Waals surface area contributed by atoms with Crippen molar-refractivity contribution in [1.29, 1.82) is 0 Å². The van der Waals surface area contributed by atoms with Gasteiger partial charge in [0, 0.05) is 39.3 Å². The van der Waals surface area contributed by atoms with Crippen LogP contribution in [0.15, 0.2) is 15.2 Å². The molecule has 0 unspecified atom stereocenters. The maximum Gasteiger partial charge on any atom is 0.133 e. The number of hydrogen-bond donors (Lipinski definition) is 1. The molecule has 96 valence electrons. The summed E-state index contributed by atoms with van der Waals surface area (Å²) in [5.74, 6) is 2.09. The number of thiophene rings is 1. The molecular formula is C13H16BrN3S. The lowest BCUT2D eigenvalue weighted by molar-refractivity contribution is 0.775. The highest BCUT2D eigenvalue weighted by molar-refractivity contribution is 9.10. The van der Waals surface area contributed by atoms with Crippen LogP contribution in [0.5, 0.6) is 0 Å². The van der Waals surface area contributed by atoms with Gasteiger partial charge in [-0.2, -0.15) is 11.3 Å². The summed E-state index contributed by atoms with van der Waals surface area (Å²) in [6.07, 6.45) is 0. The number of hydrogen-bond acceptors (Lipinski definition) is 4. The average Bonchev–Trinajstić information content (AvgIpc) is 2.75. The van der Waals surface area contributed by atoms with E-state index in [2.05, 4.69) is 57.8 Å². The topological polar surface area (TPSA) is 37.8 Å². The number of nitrogens with zero attached hydrogens (tertiary/aromatic N) is 2. The fraction of sp³-hybridized carbons (Fsp3) is 0.385. The van der Waals surface area contributed by atoms with Crippen molar-refractivity contribution in [3.63, 3.8) is 0 Å². The van der Waals surface area contributed by atoms with Gasteiger partial charge in [-0.25, -0.2) is 9.97 Å². The van der Waals surface area contributed by atoms with E-state index in [1.807, 2.05) is 7.05 Å². The van der Waals surface area contributed by atoms with Crippen LogP contribution in [0.4, 0.5) is 5.82 Å². The zero-order valence-electron chi connectivity index (χ0n) is 10.9. The van der Waals surface area contributed by atoms with E-state index in [9.17, 15) is 0 Å². The second-order valence-corrected chi connectivity index (χ2v) is 6.04. The molecule has 0 aliphatic rings. The Bertz CT molecular complexity index is 563. The second-order valence-electron chi connectivity index (χ2n) is 4.44. The molecule has 0 bridgehead atoms. The minimum atomic E-state index is 0.314. The number of anilines is 1. The molecule has 5 heteroatoms. The summed E-state index contributed by atoms with van der Waals surface area (Å²) in [5, 5.41) is 7.34. The summed E-state index contributed by atoms with van der Waals surface area (Å²) in [5.41, 5.74) is 3.23. The van der Waals surface area contributed by atoms with Gasteiger partial charge in [-0.3, -0.25) is 0 Å². The first-order valence-corrected chi connectivity index (χ1v) is 7.56. The highest BCUT2D eigenvalue weighted by Gasteiger charge is 2.16. The van der Waals surface area contributed by atoms with Gasteiger partial charge in [0.05, 0.1) is 5.69 Å². The van der Waals surface area contributed by atoms with Crippen LogP contribution in [-0.2, 0) is 0 Å². The molecular weight excluding hydrogens is 310 g/mol. The zero-order chi connectivity index (χ0) is 13.3. The van der Waals surface area contributed by atoms with E-state index < -0.39 is 0 Å². The summed E-state index contributed by atoms with van der Waals surface area (Å²) in [6, 6.07) is 0. The summed E-state index contributed by atoms with van der Waals surface area (Å²) < 4.78 is 1.09. The molecule has 0 aliphatic heterocycles. The lowest BCUT2D eigenvalue weighted by atomic mass is 10.1. The van der Waals surface area contributed by atoms with E-state index in [1.165, 1.54) is 0 Å². The third-order valence-electron chi connectivity index (χ3n) is 2.79. The van der Waals surface area contributed by atoms with E-state index in [0.717, 1.165) is 32.9 Å². The van der Waals surface area contributed by atoms with Crippen LogP contribution >= 0.6 is 27.3 Å². The molecule has 18 heavy (non-hydrogen) atoms. The van der Waals surface area contributed by atoms with Crippen LogP contribution in [-0.4, -0.2) is 17.0 Å². The highest BCUT2D eigenvalue weighted by Crippen LogP contribution is 2.34. The number of halogens is 1. The first-order valence-electron chi connectivity index (χ1n) is 5.83. The molecule has 0 amide bonds. The molecule has 0 fully saturated rings. The Hall–Kier alpha value is -0.940. The Kier molecular flexibility index (Phi) is 4.02. The summed E-state index contributed by atoms with van der Waals surface area (Å²) in [7, 11) is 1.89. The molecule has 0 saturated carbocycles. The number of nitrogens with one attached hydrogen (secondary N) is 1. The first kappa shape index (κ1) is 13.5. The Labute approximate surface area is 120 Å². The SMILES string of the molecule is CNc1nc(C(C)C)nc(-c2cscc2Br)c1C. The molecule has 2 heterocycles. The molecule has 0 saturated heterocycles. The minimum absolute atomic E-state index is 0.314. The number of rotatable bonds is 3. The highest BCUT2D eigenvalue weighted by atomic mass is 79.9. The monoisotopic (exact) mass is 325 g/mol. The van der Waals surface area contributed by atoms with Gasteiger partial charge in [-0.15, -0.1) is 0 Å². The molecule has 0 aliphatic carbocycles. The third-order valence-corrected chi connectivity index (χ3v) is 4.49. The van der Waals surface area contributed by atoms with Crippen molar-refractivity contribution in [2.45, 2.75) is 26.7 Å². The van der Waals surface area contributed by atoms with Crippen LogP contribution in [0.2, 0.25) is 0 Å². The van der Waals surface area contributed by atoms with E-state index >= 15 is 0 Å². The first-order chi connectivity index (χ1) is 8.54. The van der Waals surface area contributed by atoms with E-state index in [1.54, 1.807) is 11.3 Å². The predicted molar refractivity (Wildman–Crippen MR) is 81.4 cm³/mol. The summed E-state index contributed by atoms with van der Waals surface area (Å²) in [6.45, 7) is 6.27. The largest absolute Gasteiger partial charge is 0.373 e. The maximum atomic E-state index is 4.71. The summed E-state index contributed by atoms with van der Waals surface area (Å²) in [4.78, 5) is 9.27. The molecule has 0 atom stereocenters. The quantitative estimate of drug-likeness (QED) is 0.906. The van der Waals surface area contributed by atoms with Gasteiger partial charge < -0.3 is 5.32 Å². The van der Waals surface area contributed by atoms with Gasteiger partial charge in [0.15, 0.2) is 0 Å². The van der Waals surface area contributed by atoms with Gasteiger partial charge in [0.25, 0.3) is 0 Å². The van der Waals surface area contributed by atoms with Crippen LogP contribution in [0.25, 0.3) is 11.3 Å².